The Bertz CT molecular complexity index is 512. The molecule has 3 nitrogen and oxygen atoms in total. The van der Waals surface area contributed by atoms with E-state index in [4.69, 9.17) is 0 Å². The molecule has 14 heavy (non-hydrogen) atoms. The zero-order chi connectivity index (χ0) is 9.97. The van der Waals surface area contributed by atoms with Crippen molar-refractivity contribution < 1.29 is 5.21 Å². The van der Waals surface area contributed by atoms with Gasteiger partial charge >= 0.3 is 0 Å². The predicted molar refractivity (Wildman–Crippen MR) is 57.9 cm³/mol. The van der Waals surface area contributed by atoms with Crippen LogP contribution >= 0.6 is 12.2 Å². The molecule has 0 aliphatic carbocycles. The van der Waals surface area contributed by atoms with Crippen LogP contribution in [0.25, 0.3) is 10.9 Å². The van der Waals surface area contributed by atoms with Gasteiger partial charge < -0.3 is 5.21 Å². The van der Waals surface area contributed by atoms with Crippen LogP contribution in [0.2, 0.25) is 0 Å². The number of hydrogen-bond donors (Lipinski definition) is 1. The molecule has 70 valence electrons. The second-order valence-corrected chi connectivity index (χ2v) is 3.11. The number of hydrogen-bond acceptors (Lipinski definition) is 3. The van der Waals surface area contributed by atoms with Crippen molar-refractivity contribution in [1.82, 2.24) is 4.73 Å². The van der Waals surface area contributed by atoms with Gasteiger partial charge in [-0.2, -0.15) is 4.73 Å². The van der Waals surface area contributed by atoms with Crippen molar-refractivity contribution >= 4 is 28.3 Å². The predicted octanol–water partition coefficient (Wildman–Crippen LogP) is 2.48. The number of fused-ring (bicyclic) bond motifs is 1. The van der Waals surface area contributed by atoms with E-state index in [1.807, 2.05) is 24.3 Å². The maximum Gasteiger partial charge on any atom is 0.0868 e. The monoisotopic (exact) mass is 204 g/mol. The number of rotatable bonds is 2. The van der Waals surface area contributed by atoms with Crippen molar-refractivity contribution in [3.05, 3.63) is 36.0 Å². The summed E-state index contributed by atoms with van der Waals surface area (Å²) in [6, 6.07) is 7.59. The lowest BCUT2D eigenvalue weighted by Gasteiger charge is -1.92. The van der Waals surface area contributed by atoms with Gasteiger partial charge in [-0.15, -0.1) is 0 Å². The van der Waals surface area contributed by atoms with Gasteiger partial charge in [0.2, 0.25) is 0 Å². The molecule has 2 aromatic rings. The van der Waals surface area contributed by atoms with Crippen LogP contribution in [-0.2, 0) is 6.54 Å². The second kappa shape index (κ2) is 3.62. The van der Waals surface area contributed by atoms with E-state index in [0.717, 1.165) is 21.2 Å². The molecule has 0 spiro atoms. The van der Waals surface area contributed by atoms with E-state index < -0.39 is 0 Å². The largest absolute Gasteiger partial charge is 0.428 e. The number of nitrogens with zero attached hydrogens (tertiary/aromatic N) is 2. The van der Waals surface area contributed by atoms with Crippen LogP contribution in [0.15, 0.2) is 35.5 Å². The third-order valence-electron chi connectivity index (χ3n) is 2.09. The summed E-state index contributed by atoms with van der Waals surface area (Å²) in [5, 5.41) is 12.8. The molecule has 0 bridgehead atoms. The first-order valence-electron chi connectivity index (χ1n) is 4.15. The average molecular weight is 204 g/mol. The van der Waals surface area contributed by atoms with Crippen molar-refractivity contribution in [1.29, 1.82) is 0 Å². The summed E-state index contributed by atoms with van der Waals surface area (Å²) in [5.74, 6) is 0. The fraction of sp³-hybridized carbons (Fsp3) is 0.100. The summed E-state index contributed by atoms with van der Waals surface area (Å²) in [6.45, 7) is 0.456. The highest BCUT2D eigenvalue weighted by molar-refractivity contribution is 7.78. The van der Waals surface area contributed by atoms with E-state index in [1.165, 1.54) is 0 Å². The maximum atomic E-state index is 9.52. The molecule has 0 atom stereocenters. The van der Waals surface area contributed by atoms with Crippen molar-refractivity contribution in [3.8, 4) is 0 Å². The number of aromatic nitrogens is 1. The molecule has 0 saturated heterocycles. The molecule has 0 radical (unpaired) electrons. The number of thiocarbonyl (C=S) groups is 1. The Kier molecular flexibility index (Phi) is 2.31. The van der Waals surface area contributed by atoms with Crippen molar-refractivity contribution in [3.63, 3.8) is 0 Å². The van der Waals surface area contributed by atoms with Crippen LogP contribution in [0, 0.1) is 0 Å². The maximum absolute atomic E-state index is 9.52. The Hall–Kier alpha value is -1.64. The lowest BCUT2D eigenvalue weighted by atomic mass is 10.2. The molecular weight excluding hydrogens is 196 g/mol. The van der Waals surface area contributed by atoms with Crippen LogP contribution in [0.5, 0.6) is 0 Å². The zero-order valence-corrected chi connectivity index (χ0v) is 8.16. The second-order valence-electron chi connectivity index (χ2n) is 2.92. The first kappa shape index (κ1) is 8.94. The summed E-state index contributed by atoms with van der Waals surface area (Å²) >= 11 is 4.49. The number of isothiocyanates is 1. The van der Waals surface area contributed by atoms with Gasteiger partial charge in [-0.1, -0.05) is 18.2 Å². The molecule has 0 saturated carbocycles. The quantitative estimate of drug-likeness (QED) is 0.463. The Morgan fingerprint density at radius 2 is 2.21 bits per heavy atom. The summed E-state index contributed by atoms with van der Waals surface area (Å²) < 4.78 is 1.10. The third kappa shape index (κ3) is 1.41. The van der Waals surface area contributed by atoms with Gasteiger partial charge in [-0.25, -0.2) is 4.99 Å². The lowest BCUT2D eigenvalue weighted by molar-refractivity contribution is 0.199. The Morgan fingerprint density at radius 1 is 1.43 bits per heavy atom. The van der Waals surface area contributed by atoms with Gasteiger partial charge in [0.25, 0.3) is 0 Å². The van der Waals surface area contributed by atoms with E-state index in [0.29, 0.717) is 6.54 Å². The average Bonchev–Trinajstić information content (AvgIpc) is 2.54. The van der Waals surface area contributed by atoms with Gasteiger partial charge in [0.05, 0.1) is 17.2 Å². The Labute approximate surface area is 86.3 Å². The molecule has 0 aliphatic rings. The van der Waals surface area contributed by atoms with E-state index >= 15 is 0 Å². The summed E-state index contributed by atoms with van der Waals surface area (Å²) in [4.78, 5) is 3.85. The molecular formula is C10H8N2OS. The normalized spacial score (nSPS) is 10.0. The minimum absolute atomic E-state index is 0.456. The van der Waals surface area contributed by atoms with Gasteiger partial charge in [0, 0.05) is 17.1 Å². The fourth-order valence-corrected chi connectivity index (χ4v) is 1.54. The molecule has 1 heterocycles. The highest BCUT2D eigenvalue weighted by Crippen LogP contribution is 2.20. The van der Waals surface area contributed by atoms with Crippen LogP contribution in [0.1, 0.15) is 5.56 Å². The van der Waals surface area contributed by atoms with E-state index in [-0.39, 0.29) is 0 Å². The lowest BCUT2D eigenvalue weighted by Crippen LogP contribution is -1.84. The minimum atomic E-state index is 0.456. The van der Waals surface area contributed by atoms with E-state index in [9.17, 15) is 5.21 Å². The molecule has 0 aliphatic heterocycles. The van der Waals surface area contributed by atoms with Crippen LogP contribution in [-0.4, -0.2) is 15.1 Å². The zero-order valence-electron chi connectivity index (χ0n) is 7.34. The van der Waals surface area contributed by atoms with Gasteiger partial charge in [-0.05, 0) is 18.3 Å². The highest BCUT2D eigenvalue weighted by Gasteiger charge is 2.05. The molecule has 0 amide bonds. The fourth-order valence-electron chi connectivity index (χ4n) is 1.48. The van der Waals surface area contributed by atoms with Crippen LogP contribution < -0.4 is 0 Å². The van der Waals surface area contributed by atoms with Gasteiger partial charge in [0.1, 0.15) is 0 Å². The standard InChI is InChI=1S/C10H8N2OS/c13-12-6-8(5-11-7-14)9-3-1-2-4-10(9)12/h1-4,6,13H,5H2. The first-order chi connectivity index (χ1) is 6.83. The molecule has 4 heteroatoms. The van der Waals surface area contributed by atoms with Gasteiger partial charge in [0.15, 0.2) is 0 Å². The molecule has 1 aromatic heterocycles. The number of para-hydroxylation sites is 1. The van der Waals surface area contributed by atoms with Gasteiger partial charge in [-0.3, -0.25) is 0 Å². The van der Waals surface area contributed by atoms with Crippen molar-refractivity contribution in [2.24, 2.45) is 4.99 Å². The minimum Gasteiger partial charge on any atom is -0.428 e. The highest BCUT2D eigenvalue weighted by atomic mass is 32.1. The van der Waals surface area contributed by atoms with Crippen molar-refractivity contribution in [2.45, 2.75) is 6.54 Å². The van der Waals surface area contributed by atoms with Crippen LogP contribution in [0.4, 0.5) is 0 Å². The van der Waals surface area contributed by atoms with Crippen LogP contribution in [0.3, 0.4) is 0 Å². The number of benzene rings is 1. The summed E-state index contributed by atoms with van der Waals surface area (Å²) in [7, 11) is 0. The summed E-state index contributed by atoms with van der Waals surface area (Å²) in [5.41, 5.74) is 1.72. The van der Waals surface area contributed by atoms with Crippen molar-refractivity contribution in [2.75, 3.05) is 0 Å². The first-order valence-corrected chi connectivity index (χ1v) is 4.55. The molecule has 2 rings (SSSR count). The molecule has 0 unspecified atom stereocenters. The Balaban J connectivity index is 2.60. The smallest absolute Gasteiger partial charge is 0.0868 e. The third-order valence-corrected chi connectivity index (χ3v) is 2.22. The topological polar surface area (TPSA) is 37.5 Å². The Morgan fingerprint density at radius 3 is 3.00 bits per heavy atom. The SMILES string of the molecule is On1cc(CN=C=S)c2ccccc21. The summed E-state index contributed by atoms with van der Waals surface area (Å²) in [6.07, 6.45) is 1.64. The molecule has 1 N–H and O–H groups in total. The molecule has 0 fully saturated rings. The number of aliphatic imine (C=N–C) groups is 1. The molecule has 1 aromatic carbocycles. The van der Waals surface area contributed by atoms with E-state index in [2.05, 4.69) is 22.4 Å². The van der Waals surface area contributed by atoms with E-state index in [1.54, 1.807) is 6.20 Å².